The highest BCUT2D eigenvalue weighted by molar-refractivity contribution is 6.30. The number of aliphatic hydroxyl groups is 2. The van der Waals surface area contributed by atoms with Gasteiger partial charge in [-0.25, -0.2) is 0 Å². The second-order valence-corrected chi connectivity index (χ2v) is 7.62. The van der Waals surface area contributed by atoms with Gasteiger partial charge < -0.3 is 19.7 Å². The van der Waals surface area contributed by atoms with Crippen molar-refractivity contribution in [3.05, 3.63) is 76.8 Å². The molecule has 0 spiro atoms. The molecule has 1 saturated carbocycles. The average Bonchev–Trinajstić information content (AvgIpc) is 2.75. The highest BCUT2D eigenvalue weighted by Gasteiger charge is 2.57. The Morgan fingerprint density at radius 3 is 2.34 bits per heavy atom. The van der Waals surface area contributed by atoms with E-state index in [1.165, 1.54) is 20.3 Å². The van der Waals surface area contributed by atoms with Crippen molar-refractivity contribution in [1.82, 2.24) is 0 Å². The van der Waals surface area contributed by atoms with Crippen LogP contribution in [0.4, 0.5) is 0 Å². The maximum Gasteiger partial charge on any atom is 0.164 e. The van der Waals surface area contributed by atoms with E-state index >= 15 is 0 Å². The molecule has 0 saturated heterocycles. The molecule has 6 heteroatoms. The Morgan fingerprint density at radius 2 is 1.76 bits per heavy atom. The number of benzene rings is 2. The van der Waals surface area contributed by atoms with Crippen molar-refractivity contribution < 1.29 is 24.5 Å². The molecule has 3 rings (SSSR count). The summed E-state index contributed by atoms with van der Waals surface area (Å²) in [5.74, 6) is -1.27. The van der Waals surface area contributed by atoms with E-state index in [4.69, 9.17) is 21.1 Å². The summed E-state index contributed by atoms with van der Waals surface area (Å²) in [6.07, 6.45) is 0.594. The summed E-state index contributed by atoms with van der Waals surface area (Å²) < 4.78 is 11.0. The third kappa shape index (κ3) is 4.29. The third-order valence-corrected chi connectivity index (χ3v) is 5.84. The number of ketones is 1. The van der Waals surface area contributed by atoms with E-state index in [9.17, 15) is 15.0 Å². The molecular weight excluding hydrogens is 392 g/mol. The van der Waals surface area contributed by atoms with Crippen molar-refractivity contribution in [3.63, 3.8) is 0 Å². The number of rotatable bonds is 6. The SMILES string of the molecule is COC1CC(OC)C(O)(c2ccccc2)C(O)C1C(=O)/C=C/c1ccc(Cl)cc1. The van der Waals surface area contributed by atoms with Crippen LogP contribution in [-0.2, 0) is 19.9 Å². The van der Waals surface area contributed by atoms with Crippen LogP contribution in [0.3, 0.4) is 0 Å². The van der Waals surface area contributed by atoms with Gasteiger partial charge in [0.25, 0.3) is 0 Å². The van der Waals surface area contributed by atoms with Crippen molar-refractivity contribution in [2.24, 2.45) is 5.92 Å². The van der Waals surface area contributed by atoms with E-state index in [0.29, 0.717) is 10.6 Å². The molecule has 29 heavy (non-hydrogen) atoms. The Morgan fingerprint density at radius 1 is 1.10 bits per heavy atom. The molecule has 1 fully saturated rings. The number of halogens is 1. The topological polar surface area (TPSA) is 76.0 Å². The molecule has 0 aromatic heterocycles. The molecule has 154 valence electrons. The van der Waals surface area contributed by atoms with Crippen molar-refractivity contribution in [2.75, 3.05) is 14.2 Å². The van der Waals surface area contributed by atoms with Crippen molar-refractivity contribution >= 4 is 23.5 Å². The minimum absolute atomic E-state index is 0.265. The summed E-state index contributed by atoms with van der Waals surface area (Å²) in [4.78, 5) is 13.0. The normalized spacial score (nSPS) is 29.8. The number of hydrogen-bond donors (Lipinski definition) is 2. The highest BCUT2D eigenvalue weighted by Crippen LogP contribution is 2.43. The fourth-order valence-corrected chi connectivity index (χ4v) is 4.11. The standard InChI is InChI=1S/C23H25ClO5/c1-28-19-14-20(29-2)23(27,16-6-4-3-5-7-16)22(26)21(19)18(25)13-10-15-8-11-17(24)12-9-15/h3-13,19-22,26-27H,14H2,1-2H3/b13-10+. The van der Waals surface area contributed by atoms with Crippen LogP contribution in [0.1, 0.15) is 17.5 Å². The second kappa shape index (κ2) is 9.20. The van der Waals surface area contributed by atoms with E-state index in [1.54, 1.807) is 54.6 Å². The Bertz CT molecular complexity index is 851. The molecule has 0 amide bonds. The van der Waals surface area contributed by atoms with E-state index in [0.717, 1.165) is 5.56 Å². The smallest absolute Gasteiger partial charge is 0.164 e. The van der Waals surface area contributed by atoms with Gasteiger partial charge in [0.1, 0.15) is 11.7 Å². The zero-order valence-corrected chi connectivity index (χ0v) is 17.1. The molecule has 0 heterocycles. The van der Waals surface area contributed by atoms with Gasteiger partial charge in [-0.15, -0.1) is 0 Å². The summed E-state index contributed by atoms with van der Waals surface area (Å²) in [6.45, 7) is 0. The lowest BCUT2D eigenvalue weighted by Crippen LogP contribution is -2.62. The molecule has 0 aliphatic heterocycles. The van der Waals surface area contributed by atoms with Crippen molar-refractivity contribution in [3.8, 4) is 0 Å². The Labute approximate surface area is 175 Å². The summed E-state index contributed by atoms with van der Waals surface area (Å²) >= 11 is 5.89. The molecule has 2 N–H and O–H groups in total. The molecule has 1 aliphatic rings. The fourth-order valence-electron chi connectivity index (χ4n) is 3.99. The number of allylic oxidation sites excluding steroid dienone is 1. The molecule has 5 atom stereocenters. The molecule has 1 aliphatic carbocycles. The lowest BCUT2D eigenvalue weighted by Gasteiger charge is -2.48. The number of hydrogen-bond acceptors (Lipinski definition) is 5. The molecule has 2 aromatic carbocycles. The number of ether oxygens (including phenoxy) is 2. The first kappa shape index (κ1) is 21.7. The molecular formula is C23H25ClO5. The summed E-state index contributed by atoms with van der Waals surface area (Å²) in [5, 5.41) is 23.3. The van der Waals surface area contributed by atoms with Gasteiger partial charge in [0.15, 0.2) is 5.78 Å². The first-order chi connectivity index (χ1) is 13.9. The van der Waals surface area contributed by atoms with Crippen LogP contribution >= 0.6 is 11.6 Å². The maximum atomic E-state index is 13.0. The predicted octanol–water partition coefficient (Wildman–Crippen LogP) is 3.22. The highest BCUT2D eigenvalue weighted by atomic mass is 35.5. The first-order valence-corrected chi connectivity index (χ1v) is 9.78. The maximum absolute atomic E-state index is 13.0. The number of aliphatic hydroxyl groups excluding tert-OH is 1. The number of carbonyl (C=O) groups excluding carboxylic acids is 1. The van der Waals surface area contributed by atoms with E-state index < -0.39 is 29.8 Å². The quantitative estimate of drug-likeness (QED) is 0.707. The molecule has 0 radical (unpaired) electrons. The van der Waals surface area contributed by atoms with Gasteiger partial charge in [0.05, 0.1) is 18.1 Å². The number of carbonyl (C=O) groups is 1. The lowest BCUT2D eigenvalue weighted by atomic mass is 9.67. The predicted molar refractivity (Wildman–Crippen MR) is 112 cm³/mol. The van der Waals surface area contributed by atoms with Crippen LogP contribution in [0.5, 0.6) is 0 Å². The molecule has 5 nitrogen and oxygen atoms in total. The van der Waals surface area contributed by atoms with Gasteiger partial charge in [-0.3, -0.25) is 4.79 Å². The van der Waals surface area contributed by atoms with Gasteiger partial charge >= 0.3 is 0 Å². The third-order valence-electron chi connectivity index (χ3n) is 5.59. The monoisotopic (exact) mass is 416 g/mol. The van der Waals surface area contributed by atoms with Crippen molar-refractivity contribution in [1.29, 1.82) is 0 Å². The summed E-state index contributed by atoms with van der Waals surface area (Å²) in [5.41, 5.74) is -0.442. The van der Waals surface area contributed by atoms with Gasteiger partial charge in [0, 0.05) is 25.7 Å². The van der Waals surface area contributed by atoms with Gasteiger partial charge in [-0.1, -0.05) is 60.1 Å². The average molecular weight is 417 g/mol. The van der Waals surface area contributed by atoms with Crippen molar-refractivity contribution in [2.45, 2.75) is 30.3 Å². The first-order valence-electron chi connectivity index (χ1n) is 9.40. The van der Waals surface area contributed by atoms with E-state index in [1.807, 2.05) is 6.07 Å². The number of methoxy groups -OCH3 is 2. The van der Waals surface area contributed by atoms with E-state index in [-0.39, 0.29) is 12.2 Å². The fraction of sp³-hybridized carbons (Fsp3) is 0.348. The zero-order chi connectivity index (χ0) is 21.0. The van der Waals surface area contributed by atoms with Gasteiger partial charge in [-0.2, -0.15) is 0 Å². The van der Waals surface area contributed by atoms with Crippen LogP contribution < -0.4 is 0 Å². The van der Waals surface area contributed by atoms with Crippen LogP contribution in [-0.4, -0.2) is 48.5 Å². The largest absolute Gasteiger partial charge is 0.389 e. The zero-order valence-electron chi connectivity index (χ0n) is 16.4. The van der Waals surface area contributed by atoms with Gasteiger partial charge in [0.2, 0.25) is 0 Å². The lowest BCUT2D eigenvalue weighted by molar-refractivity contribution is -0.226. The van der Waals surface area contributed by atoms with Crippen LogP contribution in [0.2, 0.25) is 5.02 Å². The minimum Gasteiger partial charge on any atom is -0.389 e. The molecule has 0 bridgehead atoms. The van der Waals surface area contributed by atoms with E-state index in [2.05, 4.69) is 0 Å². The minimum atomic E-state index is -1.74. The van der Waals surface area contributed by atoms with Crippen LogP contribution in [0.25, 0.3) is 6.08 Å². The Kier molecular flexibility index (Phi) is 6.88. The van der Waals surface area contributed by atoms with Crippen LogP contribution in [0.15, 0.2) is 60.7 Å². The Hall–Kier alpha value is -2.02. The van der Waals surface area contributed by atoms with Crippen LogP contribution in [0, 0.1) is 5.92 Å². The summed E-state index contributed by atoms with van der Waals surface area (Å²) in [7, 11) is 2.96. The summed E-state index contributed by atoms with van der Waals surface area (Å²) in [6, 6.07) is 15.8. The molecule has 2 aromatic rings. The second-order valence-electron chi connectivity index (χ2n) is 7.18. The van der Waals surface area contributed by atoms with Gasteiger partial charge in [-0.05, 0) is 29.3 Å². The molecule has 5 unspecified atom stereocenters. The Balaban J connectivity index is 1.93.